The van der Waals surface area contributed by atoms with Crippen LogP contribution in [-0.2, 0) is 9.53 Å². The van der Waals surface area contributed by atoms with Gasteiger partial charge in [-0.05, 0) is 31.0 Å². The van der Waals surface area contributed by atoms with Crippen LogP contribution in [0.15, 0.2) is 28.7 Å². The minimum atomic E-state index is -0.316. The average Bonchev–Trinajstić information content (AvgIpc) is 2.26. The van der Waals surface area contributed by atoms with Gasteiger partial charge in [0, 0.05) is 10.2 Å². The summed E-state index contributed by atoms with van der Waals surface area (Å²) < 4.78 is 6.04. The van der Waals surface area contributed by atoms with Crippen molar-refractivity contribution in [3.8, 4) is 0 Å². The zero-order chi connectivity index (χ0) is 12.8. The number of carbonyl (C=O) groups excluding carboxylic acids is 1. The third-order valence-electron chi connectivity index (χ3n) is 2.35. The summed E-state index contributed by atoms with van der Waals surface area (Å²) in [5.74, 6) is -0.0319. The van der Waals surface area contributed by atoms with Crippen LogP contribution < -0.4 is 5.32 Å². The lowest BCUT2D eigenvalue weighted by molar-refractivity contribution is -0.145. The van der Waals surface area contributed by atoms with Crippen molar-refractivity contribution in [2.24, 2.45) is 5.92 Å². The molecule has 0 saturated heterocycles. The lowest BCUT2D eigenvalue weighted by Crippen LogP contribution is -2.36. The van der Waals surface area contributed by atoms with E-state index >= 15 is 0 Å². The number of anilines is 1. The fraction of sp³-hybridized carbons (Fsp3) is 0.462. The molecular weight excluding hydrogens is 282 g/mol. The Morgan fingerprint density at radius 3 is 2.71 bits per heavy atom. The number of carbonyl (C=O) groups is 1. The van der Waals surface area contributed by atoms with Gasteiger partial charge in [-0.2, -0.15) is 0 Å². The molecule has 94 valence electrons. The van der Waals surface area contributed by atoms with Crippen molar-refractivity contribution in [2.45, 2.75) is 26.8 Å². The Balaban J connectivity index is 2.76. The topological polar surface area (TPSA) is 38.3 Å². The van der Waals surface area contributed by atoms with Crippen LogP contribution in [0.2, 0.25) is 0 Å². The second-order valence-corrected chi connectivity index (χ2v) is 5.04. The number of benzene rings is 1. The summed E-state index contributed by atoms with van der Waals surface area (Å²) in [7, 11) is 0. The first-order chi connectivity index (χ1) is 8.04. The predicted molar refractivity (Wildman–Crippen MR) is 73.0 cm³/mol. The smallest absolute Gasteiger partial charge is 0.328 e. The monoisotopic (exact) mass is 299 g/mol. The van der Waals surface area contributed by atoms with Gasteiger partial charge in [0.05, 0.1) is 6.61 Å². The molecule has 0 fully saturated rings. The van der Waals surface area contributed by atoms with Gasteiger partial charge in [0.2, 0.25) is 0 Å². The number of hydrogen-bond donors (Lipinski definition) is 1. The first kappa shape index (κ1) is 14.0. The minimum absolute atomic E-state index is 0.174. The van der Waals surface area contributed by atoms with Crippen molar-refractivity contribution >= 4 is 27.6 Å². The van der Waals surface area contributed by atoms with Gasteiger partial charge >= 0.3 is 5.97 Å². The van der Waals surface area contributed by atoms with Crippen LogP contribution in [0.1, 0.15) is 20.8 Å². The van der Waals surface area contributed by atoms with E-state index in [-0.39, 0.29) is 17.9 Å². The van der Waals surface area contributed by atoms with E-state index in [9.17, 15) is 4.79 Å². The Morgan fingerprint density at radius 2 is 2.18 bits per heavy atom. The number of halogens is 1. The molecule has 17 heavy (non-hydrogen) atoms. The fourth-order valence-corrected chi connectivity index (χ4v) is 1.89. The molecule has 1 aromatic carbocycles. The fourth-order valence-electron chi connectivity index (χ4n) is 1.49. The Hall–Kier alpha value is -1.03. The summed E-state index contributed by atoms with van der Waals surface area (Å²) in [5, 5.41) is 3.20. The molecule has 0 radical (unpaired) electrons. The highest BCUT2D eigenvalue weighted by Crippen LogP contribution is 2.18. The molecule has 0 saturated carbocycles. The number of hydrogen-bond acceptors (Lipinski definition) is 3. The van der Waals surface area contributed by atoms with E-state index in [1.807, 2.05) is 45.0 Å². The van der Waals surface area contributed by atoms with Gasteiger partial charge in [-0.3, -0.25) is 0 Å². The molecule has 0 aliphatic rings. The van der Waals surface area contributed by atoms with Crippen LogP contribution in [0, 0.1) is 5.92 Å². The maximum atomic E-state index is 11.8. The van der Waals surface area contributed by atoms with E-state index < -0.39 is 0 Å². The van der Waals surface area contributed by atoms with E-state index in [0.717, 1.165) is 10.2 Å². The van der Waals surface area contributed by atoms with E-state index in [1.165, 1.54) is 0 Å². The number of rotatable bonds is 5. The summed E-state index contributed by atoms with van der Waals surface area (Å²) in [5.41, 5.74) is 0.908. The summed E-state index contributed by atoms with van der Waals surface area (Å²) in [4.78, 5) is 11.8. The van der Waals surface area contributed by atoms with Crippen LogP contribution in [0.4, 0.5) is 5.69 Å². The van der Waals surface area contributed by atoms with Gasteiger partial charge in [-0.1, -0.05) is 35.8 Å². The van der Waals surface area contributed by atoms with Gasteiger partial charge in [0.15, 0.2) is 0 Å². The van der Waals surface area contributed by atoms with Crippen LogP contribution in [0.3, 0.4) is 0 Å². The van der Waals surface area contributed by atoms with Crippen molar-refractivity contribution in [1.29, 1.82) is 0 Å². The second-order valence-electron chi connectivity index (χ2n) is 4.13. The number of nitrogens with one attached hydrogen (secondary N) is 1. The molecule has 1 aromatic rings. The van der Waals surface area contributed by atoms with Crippen LogP contribution >= 0.6 is 15.9 Å². The van der Waals surface area contributed by atoms with E-state index in [0.29, 0.717) is 6.61 Å². The first-order valence-electron chi connectivity index (χ1n) is 5.73. The summed E-state index contributed by atoms with van der Waals surface area (Å²) in [6.45, 7) is 6.20. The molecule has 0 spiro atoms. The molecule has 1 N–H and O–H groups in total. The van der Waals surface area contributed by atoms with Gasteiger partial charge in [0.1, 0.15) is 6.04 Å². The quantitative estimate of drug-likeness (QED) is 0.846. The van der Waals surface area contributed by atoms with Crippen molar-refractivity contribution in [3.63, 3.8) is 0 Å². The highest BCUT2D eigenvalue weighted by Gasteiger charge is 2.23. The Kier molecular flexibility index (Phi) is 5.48. The normalized spacial score (nSPS) is 12.3. The lowest BCUT2D eigenvalue weighted by atomic mass is 10.0. The van der Waals surface area contributed by atoms with Crippen molar-refractivity contribution in [1.82, 2.24) is 0 Å². The molecule has 0 aromatic heterocycles. The lowest BCUT2D eigenvalue weighted by Gasteiger charge is -2.21. The predicted octanol–water partition coefficient (Wildman–Crippen LogP) is 3.45. The SMILES string of the molecule is CCOC(=O)C(Nc1cccc(Br)c1)C(C)C. The molecule has 0 heterocycles. The summed E-state index contributed by atoms with van der Waals surface area (Å²) >= 11 is 3.40. The molecule has 3 nitrogen and oxygen atoms in total. The van der Waals surface area contributed by atoms with Gasteiger partial charge in [-0.15, -0.1) is 0 Å². The Labute approximate surface area is 111 Å². The summed E-state index contributed by atoms with van der Waals surface area (Å²) in [6.07, 6.45) is 0. The van der Waals surface area contributed by atoms with E-state index in [4.69, 9.17) is 4.74 Å². The van der Waals surface area contributed by atoms with Crippen LogP contribution in [-0.4, -0.2) is 18.6 Å². The molecule has 1 rings (SSSR count). The average molecular weight is 300 g/mol. The van der Waals surface area contributed by atoms with E-state index in [1.54, 1.807) is 0 Å². The van der Waals surface area contributed by atoms with Gasteiger partial charge in [0.25, 0.3) is 0 Å². The largest absolute Gasteiger partial charge is 0.464 e. The van der Waals surface area contributed by atoms with Crippen molar-refractivity contribution in [3.05, 3.63) is 28.7 Å². The Bertz CT molecular complexity index is 379. The zero-order valence-corrected chi connectivity index (χ0v) is 12.0. The molecule has 0 bridgehead atoms. The summed E-state index contributed by atoms with van der Waals surface area (Å²) in [6, 6.07) is 7.42. The molecule has 1 unspecified atom stereocenters. The number of esters is 1. The molecule has 4 heteroatoms. The molecule has 0 amide bonds. The second kappa shape index (κ2) is 6.64. The van der Waals surface area contributed by atoms with Crippen molar-refractivity contribution < 1.29 is 9.53 Å². The molecular formula is C13H18BrNO2. The highest BCUT2D eigenvalue weighted by molar-refractivity contribution is 9.10. The van der Waals surface area contributed by atoms with Crippen LogP contribution in [0.5, 0.6) is 0 Å². The molecule has 0 aliphatic carbocycles. The van der Waals surface area contributed by atoms with E-state index in [2.05, 4.69) is 21.2 Å². The molecule has 0 aliphatic heterocycles. The highest BCUT2D eigenvalue weighted by atomic mass is 79.9. The third kappa shape index (κ3) is 4.38. The first-order valence-corrected chi connectivity index (χ1v) is 6.52. The standard InChI is InChI=1S/C13H18BrNO2/c1-4-17-13(16)12(9(2)3)15-11-7-5-6-10(14)8-11/h5-9,12,15H,4H2,1-3H3. The van der Waals surface area contributed by atoms with Gasteiger partial charge in [-0.25, -0.2) is 4.79 Å². The van der Waals surface area contributed by atoms with Crippen LogP contribution in [0.25, 0.3) is 0 Å². The third-order valence-corrected chi connectivity index (χ3v) is 2.85. The maximum absolute atomic E-state index is 11.8. The Morgan fingerprint density at radius 1 is 1.47 bits per heavy atom. The number of ether oxygens (including phenoxy) is 1. The molecule has 1 atom stereocenters. The van der Waals surface area contributed by atoms with Gasteiger partial charge < -0.3 is 10.1 Å². The zero-order valence-electron chi connectivity index (χ0n) is 10.4. The minimum Gasteiger partial charge on any atom is -0.464 e. The van der Waals surface area contributed by atoms with Crippen molar-refractivity contribution in [2.75, 3.05) is 11.9 Å². The maximum Gasteiger partial charge on any atom is 0.328 e.